The van der Waals surface area contributed by atoms with Crippen LogP contribution in [0.3, 0.4) is 0 Å². The molecule has 0 radical (unpaired) electrons. The molecule has 0 aliphatic carbocycles. The van der Waals surface area contributed by atoms with Gasteiger partial charge in [0.2, 0.25) is 0 Å². The van der Waals surface area contributed by atoms with E-state index in [1.165, 1.54) is 0 Å². The van der Waals surface area contributed by atoms with Crippen molar-refractivity contribution >= 4 is 15.9 Å². The predicted octanol–water partition coefficient (Wildman–Crippen LogP) is 3.48. The molecule has 18 heavy (non-hydrogen) atoms. The van der Waals surface area contributed by atoms with E-state index in [0.717, 1.165) is 28.0 Å². The van der Waals surface area contributed by atoms with Crippen molar-refractivity contribution in [3.05, 3.63) is 52.3 Å². The zero-order valence-corrected chi connectivity index (χ0v) is 12.1. The van der Waals surface area contributed by atoms with Crippen LogP contribution in [0.15, 0.2) is 41.0 Å². The van der Waals surface area contributed by atoms with Gasteiger partial charge in [-0.2, -0.15) is 0 Å². The van der Waals surface area contributed by atoms with Crippen LogP contribution in [0.25, 0.3) is 0 Å². The second-order valence-electron chi connectivity index (χ2n) is 4.00. The smallest absolute Gasteiger partial charge is 0.124 e. The highest BCUT2D eigenvalue weighted by Gasteiger charge is 2.18. The Morgan fingerprint density at radius 1 is 1.39 bits per heavy atom. The van der Waals surface area contributed by atoms with E-state index in [4.69, 9.17) is 4.74 Å². The molecule has 4 heteroatoms. The lowest BCUT2D eigenvalue weighted by molar-refractivity contribution is 0.404. The van der Waals surface area contributed by atoms with E-state index in [1.807, 2.05) is 24.4 Å². The summed E-state index contributed by atoms with van der Waals surface area (Å²) in [6.45, 7) is 2.99. The first-order valence-corrected chi connectivity index (χ1v) is 6.75. The zero-order valence-electron chi connectivity index (χ0n) is 10.5. The van der Waals surface area contributed by atoms with Crippen LogP contribution in [0, 0.1) is 0 Å². The van der Waals surface area contributed by atoms with Crippen LogP contribution in [-0.4, -0.2) is 18.6 Å². The molecule has 0 amide bonds. The van der Waals surface area contributed by atoms with Gasteiger partial charge in [-0.05, 0) is 36.9 Å². The summed E-state index contributed by atoms with van der Waals surface area (Å²) in [4.78, 5) is 3.26. The molecular weight excluding hydrogens is 292 g/mol. The van der Waals surface area contributed by atoms with Gasteiger partial charge in [-0.15, -0.1) is 0 Å². The average Bonchev–Trinajstić information content (AvgIpc) is 2.89. The van der Waals surface area contributed by atoms with Crippen molar-refractivity contribution in [1.82, 2.24) is 10.3 Å². The molecule has 0 aliphatic rings. The number of ether oxygens (including phenoxy) is 1. The lowest BCUT2D eigenvalue weighted by atomic mass is 10.0. The van der Waals surface area contributed by atoms with E-state index >= 15 is 0 Å². The predicted molar refractivity (Wildman–Crippen MR) is 77.0 cm³/mol. The third-order valence-corrected chi connectivity index (χ3v) is 3.34. The van der Waals surface area contributed by atoms with Crippen molar-refractivity contribution in [2.75, 3.05) is 13.7 Å². The quantitative estimate of drug-likeness (QED) is 0.887. The molecule has 2 rings (SSSR count). The second-order valence-corrected chi connectivity index (χ2v) is 4.92. The van der Waals surface area contributed by atoms with Crippen LogP contribution in [-0.2, 0) is 0 Å². The van der Waals surface area contributed by atoms with Gasteiger partial charge in [0.15, 0.2) is 0 Å². The Hall–Kier alpha value is -1.26. The van der Waals surface area contributed by atoms with Crippen LogP contribution in [0.1, 0.15) is 24.2 Å². The minimum atomic E-state index is 0.109. The van der Waals surface area contributed by atoms with Gasteiger partial charge in [-0.25, -0.2) is 0 Å². The Morgan fingerprint density at radius 2 is 2.22 bits per heavy atom. The number of hydrogen-bond donors (Lipinski definition) is 2. The van der Waals surface area contributed by atoms with Gasteiger partial charge in [0.25, 0.3) is 0 Å². The molecule has 0 saturated carbocycles. The number of benzene rings is 1. The molecule has 96 valence electrons. The van der Waals surface area contributed by atoms with Gasteiger partial charge in [0.05, 0.1) is 13.2 Å². The monoisotopic (exact) mass is 308 g/mol. The first-order valence-electron chi connectivity index (χ1n) is 5.96. The normalized spacial score (nSPS) is 12.4. The maximum atomic E-state index is 5.45. The first kappa shape index (κ1) is 13.2. The van der Waals surface area contributed by atoms with E-state index < -0.39 is 0 Å². The average molecular weight is 309 g/mol. The first-order chi connectivity index (χ1) is 8.76. The molecule has 1 heterocycles. The lowest BCUT2D eigenvalue weighted by Crippen LogP contribution is -2.22. The second kappa shape index (κ2) is 6.07. The fourth-order valence-corrected chi connectivity index (χ4v) is 2.42. The number of methoxy groups -OCH3 is 1. The van der Waals surface area contributed by atoms with Gasteiger partial charge in [0.1, 0.15) is 5.75 Å². The van der Waals surface area contributed by atoms with Gasteiger partial charge in [0, 0.05) is 21.9 Å². The van der Waals surface area contributed by atoms with Crippen molar-refractivity contribution in [3.8, 4) is 5.75 Å². The highest BCUT2D eigenvalue weighted by atomic mass is 79.9. The van der Waals surface area contributed by atoms with Crippen molar-refractivity contribution in [3.63, 3.8) is 0 Å². The SMILES string of the molecule is CCNC(c1ccc[nH]1)c1cc(Br)ccc1OC. The van der Waals surface area contributed by atoms with Crippen LogP contribution in [0.2, 0.25) is 0 Å². The summed E-state index contributed by atoms with van der Waals surface area (Å²) in [5.41, 5.74) is 2.25. The molecule has 1 aromatic heterocycles. The molecule has 2 N–H and O–H groups in total. The Balaban J connectivity index is 2.45. The lowest BCUT2D eigenvalue weighted by Gasteiger charge is -2.20. The molecule has 0 bridgehead atoms. The van der Waals surface area contributed by atoms with E-state index in [1.54, 1.807) is 7.11 Å². The number of H-pyrrole nitrogens is 1. The Kier molecular flexibility index (Phi) is 4.44. The molecular formula is C14H17BrN2O. The Morgan fingerprint density at radius 3 is 2.83 bits per heavy atom. The molecule has 3 nitrogen and oxygen atoms in total. The van der Waals surface area contributed by atoms with Crippen molar-refractivity contribution < 1.29 is 4.74 Å². The van der Waals surface area contributed by atoms with Crippen molar-refractivity contribution in [2.45, 2.75) is 13.0 Å². The Bertz CT molecular complexity index is 497. The van der Waals surface area contributed by atoms with E-state index in [9.17, 15) is 0 Å². The van der Waals surface area contributed by atoms with Crippen LogP contribution in [0.5, 0.6) is 5.75 Å². The van der Waals surface area contributed by atoms with Gasteiger partial charge >= 0.3 is 0 Å². The van der Waals surface area contributed by atoms with Crippen LogP contribution in [0.4, 0.5) is 0 Å². The molecule has 0 saturated heterocycles. The van der Waals surface area contributed by atoms with Crippen LogP contribution < -0.4 is 10.1 Å². The Labute approximate surface area is 116 Å². The molecule has 1 atom stereocenters. The number of aromatic nitrogens is 1. The molecule has 1 unspecified atom stereocenters. The topological polar surface area (TPSA) is 37.0 Å². The molecule has 0 fully saturated rings. The minimum Gasteiger partial charge on any atom is -0.496 e. The van der Waals surface area contributed by atoms with Gasteiger partial charge in [-0.3, -0.25) is 0 Å². The van der Waals surface area contributed by atoms with E-state index in [0.29, 0.717) is 0 Å². The van der Waals surface area contributed by atoms with Crippen molar-refractivity contribution in [1.29, 1.82) is 0 Å². The number of nitrogens with one attached hydrogen (secondary N) is 2. The van der Waals surface area contributed by atoms with Gasteiger partial charge < -0.3 is 15.0 Å². The summed E-state index contributed by atoms with van der Waals surface area (Å²) in [5.74, 6) is 0.888. The number of hydrogen-bond acceptors (Lipinski definition) is 2. The largest absolute Gasteiger partial charge is 0.496 e. The van der Waals surface area contributed by atoms with E-state index in [-0.39, 0.29) is 6.04 Å². The summed E-state index contributed by atoms with van der Waals surface area (Å²) in [5, 5.41) is 3.47. The molecule has 2 aromatic rings. The zero-order chi connectivity index (χ0) is 13.0. The highest BCUT2D eigenvalue weighted by molar-refractivity contribution is 9.10. The van der Waals surface area contributed by atoms with Crippen molar-refractivity contribution in [2.24, 2.45) is 0 Å². The fraction of sp³-hybridized carbons (Fsp3) is 0.286. The standard InChI is InChI=1S/C14H17BrN2O/c1-3-16-14(12-5-4-8-17-12)11-9-10(15)6-7-13(11)18-2/h4-9,14,16-17H,3H2,1-2H3. The fourth-order valence-electron chi connectivity index (χ4n) is 2.05. The maximum absolute atomic E-state index is 5.45. The number of rotatable bonds is 5. The summed E-state index contributed by atoms with van der Waals surface area (Å²) >= 11 is 3.51. The third kappa shape index (κ3) is 2.76. The summed E-state index contributed by atoms with van der Waals surface area (Å²) in [6, 6.07) is 10.2. The summed E-state index contributed by atoms with van der Waals surface area (Å²) < 4.78 is 6.50. The maximum Gasteiger partial charge on any atom is 0.124 e. The summed E-state index contributed by atoms with van der Waals surface area (Å²) in [7, 11) is 1.70. The summed E-state index contributed by atoms with van der Waals surface area (Å²) in [6.07, 6.45) is 1.93. The number of halogens is 1. The highest BCUT2D eigenvalue weighted by Crippen LogP contribution is 2.31. The molecule has 1 aromatic carbocycles. The van der Waals surface area contributed by atoms with Crippen LogP contribution >= 0.6 is 15.9 Å². The minimum absolute atomic E-state index is 0.109. The van der Waals surface area contributed by atoms with Gasteiger partial charge in [-0.1, -0.05) is 22.9 Å². The third-order valence-electron chi connectivity index (χ3n) is 2.84. The molecule has 0 spiro atoms. The number of aromatic amines is 1. The van der Waals surface area contributed by atoms with E-state index in [2.05, 4.69) is 45.3 Å². The molecule has 0 aliphatic heterocycles.